The van der Waals surface area contributed by atoms with Gasteiger partial charge in [0.2, 0.25) is 0 Å². The normalized spacial score (nSPS) is 10.6. The molecule has 0 aliphatic rings. The number of hydrogen-bond donors (Lipinski definition) is 1. The van der Waals surface area contributed by atoms with Crippen molar-refractivity contribution in [2.75, 3.05) is 7.11 Å². The lowest BCUT2D eigenvalue weighted by molar-refractivity contribution is 0.414. The van der Waals surface area contributed by atoms with Crippen LogP contribution in [0.4, 0.5) is 0 Å². The molecule has 0 unspecified atom stereocenters. The fourth-order valence-electron chi connectivity index (χ4n) is 1.41. The van der Waals surface area contributed by atoms with Gasteiger partial charge in [-0.25, -0.2) is 0 Å². The monoisotopic (exact) mass is 227 g/mol. The Labute approximate surface area is 100 Å². The van der Waals surface area contributed by atoms with Gasteiger partial charge in [0.05, 0.1) is 12.8 Å². The molecular weight excluding hydrogens is 214 g/mol. The molecule has 2 rings (SSSR count). The molecule has 0 aliphatic heterocycles. The second-order valence-electron chi connectivity index (χ2n) is 3.55. The van der Waals surface area contributed by atoms with E-state index in [4.69, 9.17) is 9.84 Å². The van der Waals surface area contributed by atoms with Gasteiger partial charge in [-0.1, -0.05) is 18.2 Å². The maximum Gasteiger partial charge on any atom is 0.122 e. The lowest BCUT2D eigenvalue weighted by Crippen LogP contribution is -1.85. The highest BCUT2D eigenvalue weighted by Crippen LogP contribution is 2.14. The molecule has 1 aromatic heterocycles. The van der Waals surface area contributed by atoms with Gasteiger partial charge < -0.3 is 9.84 Å². The summed E-state index contributed by atoms with van der Waals surface area (Å²) in [5.74, 6) is 1.05. The minimum absolute atomic E-state index is 0.265. The van der Waals surface area contributed by atoms with E-state index in [0.29, 0.717) is 0 Å². The molecule has 3 heteroatoms. The number of nitrogens with zero attached hydrogens (tertiary/aromatic N) is 1. The SMILES string of the molecule is COc1ccnc(C=Cc2ccc(O)cc2)c1. The number of phenolic OH excluding ortho intramolecular Hbond substituents is 1. The molecule has 3 nitrogen and oxygen atoms in total. The van der Waals surface area contributed by atoms with Crippen molar-refractivity contribution in [1.82, 2.24) is 4.98 Å². The van der Waals surface area contributed by atoms with Crippen LogP contribution in [0.15, 0.2) is 42.6 Å². The zero-order valence-corrected chi connectivity index (χ0v) is 9.50. The summed E-state index contributed by atoms with van der Waals surface area (Å²) < 4.78 is 5.12. The zero-order valence-electron chi connectivity index (χ0n) is 9.50. The molecule has 0 saturated carbocycles. The molecule has 0 aliphatic carbocycles. The number of hydrogen-bond acceptors (Lipinski definition) is 3. The Bertz CT molecular complexity index is 518. The van der Waals surface area contributed by atoms with Crippen molar-refractivity contribution in [3.05, 3.63) is 53.9 Å². The highest BCUT2D eigenvalue weighted by molar-refractivity contribution is 5.68. The minimum Gasteiger partial charge on any atom is -0.508 e. The molecule has 1 N–H and O–H groups in total. The van der Waals surface area contributed by atoms with Crippen LogP contribution < -0.4 is 4.74 Å². The van der Waals surface area contributed by atoms with Gasteiger partial charge in [0.1, 0.15) is 11.5 Å². The smallest absolute Gasteiger partial charge is 0.122 e. The van der Waals surface area contributed by atoms with Crippen LogP contribution in [0.2, 0.25) is 0 Å². The standard InChI is InChI=1S/C14H13NO2/c1-17-14-8-9-15-12(10-14)5-2-11-3-6-13(16)7-4-11/h2-10,16H,1H3. The molecule has 0 fully saturated rings. The number of methoxy groups -OCH3 is 1. The highest BCUT2D eigenvalue weighted by atomic mass is 16.5. The van der Waals surface area contributed by atoms with Crippen LogP contribution >= 0.6 is 0 Å². The molecule has 0 amide bonds. The first-order valence-corrected chi connectivity index (χ1v) is 5.25. The summed E-state index contributed by atoms with van der Waals surface area (Å²) in [7, 11) is 1.63. The minimum atomic E-state index is 0.265. The van der Waals surface area contributed by atoms with Crippen molar-refractivity contribution in [3.8, 4) is 11.5 Å². The molecule has 0 saturated heterocycles. The summed E-state index contributed by atoms with van der Waals surface area (Å²) in [6.45, 7) is 0. The molecule has 0 atom stereocenters. The van der Waals surface area contributed by atoms with Gasteiger partial charge in [-0.2, -0.15) is 0 Å². The fraction of sp³-hybridized carbons (Fsp3) is 0.0714. The van der Waals surface area contributed by atoms with Crippen molar-refractivity contribution in [2.24, 2.45) is 0 Å². The van der Waals surface area contributed by atoms with Gasteiger partial charge in [-0.15, -0.1) is 0 Å². The van der Waals surface area contributed by atoms with E-state index in [1.807, 2.05) is 30.4 Å². The van der Waals surface area contributed by atoms with Gasteiger partial charge in [0, 0.05) is 12.3 Å². The summed E-state index contributed by atoms with van der Waals surface area (Å²) in [4.78, 5) is 4.20. The van der Waals surface area contributed by atoms with Crippen LogP contribution in [-0.2, 0) is 0 Å². The van der Waals surface area contributed by atoms with E-state index in [2.05, 4.69) is 4.98 Å². The van der Waals surface area contributed by atoms with Gasteiger partial charge >= 0.3 is 0 Å². The van der Waals surface area contributed by atoms with Crippen LogP contribution in [0, 0.1) is 0 Å². The number of ether oxygens (including phenoxy) is 1. The Hall–Kier alpha value is -2.29. The van der Waals surface area contributed by atoms with E-state index >= 15 is 0 Å². The average molecular weight is 227 g/mol. The second-order valence-corrected chi connectivity index (χ2v) is 3.55. The summed E-state index contributed by atoms with van der Waals surface area (Å²) >= 11 is 0. The van der Waals surface area contributed by atoms with Crippen LogP contribution in [0.1, 0.15) is 11.3 Å². The molecular formula is C14H13NO2. The Morgan fingerprint density at radius 1 is 1.12 bits per heavy atom. The van der Waals surface area contributed by atoms with Gasteiger partial charge in [-0.3, -0.25) is 4.98 Å². The molecule has 2 aromatic rings. The third-order valence-electron chi connectivity index (χ3n) is 2.33. The fourth-order valence-corrected chi connectivity index (χ4v) is 1.41. The molecule has 0 radical (unpaired) electrons. The molecule has 86 valence electrons. The quantitative estimate of drug-likeness (QED) is 0.876. The summed E-state index contributed by atoms with van der Waals surface area (Å²) in [5, 5.41) is 9.16. The maximum atomic E-state index is 9.16. The molecule has 1 heterocycles. The number of benzene rings is 1. The summed E-state index contributed by atoms with van der Waals surface area (Å²) in [6.07, 6.45) is 5.53. The van der Waals surface area contributed by atoms with E-state index in [1.54, 1.807) is 31.5 Å². The van der Waals surface area contributed by atoms with Crippen molar-refractivity contribution in [2.45, 2.75) is 0 Å². The van der Waals surface area contributed by atoms with Gasteiger partial charge in [-0.05, 0) is 29.8 Å². The molecule has 0 bridgehead atoms. The highest BCUT2D eigenvalue weighted by Gasteiger charge is 1.93. The van der Waals surface area contributed by atoms with E-state index < -0.39 is 0 Å². The molecule has 17 heavy (non-hydrogen) atoms. The maximum absolute atomic E-state index is 9.16. The number of pyridine rings is 1. The third-order valence-corrected chi connectivity index (χ3v) is 2.33. The molecule has 0 spiro atoms. The van der Waals surface area contributed by atoms with Crippen molar-refractivity contribution in [1.29, 1.82) is 0 Å². The van der Waals surface area contributed by atoms with Crippen LogP contribution in [0.5, 0.6) is 11.5 Å². The first-order valence-electron chi connectivity index (χ1n) is 5.25. The van der Waals surface area contributed by atoms with E-state index in [1.165, 1.54) is 0 Å². The van der Waals surface area contributed by atoms with E-state index in [0.717, 1.165) is 17.0 Å². The van der Waals surface area contributed by atoms with E-state index in [9.17, 15) is 0 Å². The summed E-state index contributed by atoms with van der Waals surface area (Å²) in [6, 6.07) is 10.6. The average Bonchev–Trinajstić information content (AvgIpc) is 2.38. The third kappa shape index (κ3) is 3.08. The van der Waals surface area contributed by atoms with E-state index in [-0.39, 0.29) is 5.75 Å². The Balaban J connectivity index is 2.16. The van der Waals surface area contributed by atoms with Gasteiger partial charge in [0.25, 0.3) is 0 Å². The van der Waals surface area contributed by atoms with Crippen LogP contribution in [0.3, 0.4) is 0 Å². The second kappa shape index (κ2) is 5.16. The van der Waals surface area contributed by atoms with Crippen LogP contribution in [-0.4, -0.2) is 17.2 Å². The van der Waals surface area contributed by atoms with Gasteiger partial charge in [0.15, 0.2) is 0 Å². The predicted octanol–water partition coefficient (Wildman–Crippen LogP) is 2.97. The predicted molar refractivity (Wildman–Crippen MR) is 67.8 cm³/mol. The first-order chi connectivity index (χ1) is 8.28. The lowest BCUT2D eigenvalue weighted by Gasteiger charge is -1.99. The topological polar surface area (TPSA) is 42.4 Å². The Morgan fingerprint density at radius 2 is 1.88 bits per heavy atom. The number of aromatic nitrogens is 1. The number of phenols is 1. The van der Waals surface area contributed by atoms with Crippen molar-refractivity contribution >= 4 is 12.2 Å². The lowest BCUT2D eigenvalue weighted by atomic mass is 10.2. The van der Waals surface area contributed by atoms with Crippen LogP contribution in [0.25, 0.3) is 12.2 Å². The number of rotatable bonds is 3. The number of aromatic hydroxyl groups is 1. The zero-order chi connectivity index (χ0) is 12.1. The first kappa shape index (κ1) is 11.2. The summed E-state index contributed by atoms with van der Waals surface area (Å²) in [5.41, 5.74) is 1.84. The largest absolute Gasteiger partial charge is 0.508 e. The van der Waals surface area contributed by atoms with Crippen molar-refractivity contribution < 1.29 is 9.84 Å². The molecule has 1 aromatic carbocycles. The Morgan fingerprint density at radius 3 is 2.59 bits per heavy atom. The Kier molecular flexibility index (Phi) is 3.40. The van der Waals surface area contributed by atoms with Crippen molar-refractivity contribution in [3.63, 3.8) is 0 Å².